The largest absolute Gasteiger partial charge is 0.361 e. The minimum Gasteiger partial charge on any atom is -0.361 e. The van der Waals surface area contributed by atoms with E-state index in [1.54, 1.807) is 11.8 Å². The van der Waals surface area contributed by atoms with Crippen LogP contribution in [0.2, 0.25) is 0 Å². The molecule has 0 saturated carbocycles. The molecular formula is C19H17N3O2. The van der Waals surface area contributed by atoms with Crippen molar-refractivity contribution in [1.29, 1.82) is 0 Å². The smallest absolute Gasteiger partial charge is 0.255 e. The molecule has 5 nitrogen and oxygen atoms in total. The maximum atomic E-state index is 12.6. The molecule has 0 aliphatic carbocycles. The number of amides is 2. The van der Waals surface area contributed by atoms with E-state index in [0.717, 1.165) is 16.5 Å². The molecule has 5 heteroatoms. The van der Waals surface area contributed by atoms with Crippen LogP contribution in [0.25, 0.3) is 10.9 Å². The number of nitrogens with one attached hydrogen (secondary N) is 2. The minimum absolute atomic E-state index is 0.0897. The van der Waals surface area contributed by atoms with Gasteiger partial charge < -0.3 is 15.2 Å². The van der Waals surface area contributed by atoms with E-state index in [1.165, 1.54) is 0 Å². The molecule has 2 heterocycles. The SMILES string of the molecule is C[C@@H](C(=O)Nc1ccc2cc[nH]c2c1)N1Cc2ccccc2C1=O. The van der Waals surface area contributed by atoms with Crippen LogP contribution >= 0.6 is 0 Å². The Morgan fingerprint density at radius 1 is 1.21 bits per heavy atom. The van der Waals surface area contributed by atoms with Crippen LogP contribution in [0.1, 0.15) is 22.8 Å². The summed E-state index contributed by atoms with van der Waals surface area (Å²) in [6.07, 6.45) is 1.86. The normalized spacial score (nSPS) is 14.7. The summed E-state index contributed by atoms with van der Waals surface area (Å²) in [5.74, 6) is -0.282. The summed E-state index contributed by atoms with van der Waals surface area (Å²) in [5, 5.41) is 3.98. The van der Waals surface area contributed by atoms with Crippen molar-refractivity contribution in [2.45, 2.75) is 19.5 Å². The van der Waals surface area contributed by atoms with Crippen molar-refractivity contribution in [3.8, 4) is 0 Å². The van der Waals surface area contributed by atoms with E-state index in [-0.39, 0.29) is 11.8 Å². The number of hydrogen-bond donors (Lipinski definition) is 2. The number of hydrogen-bond acceptors (Lipinski definition) is 2. The van der Waals surface area contributed by atoms with Crippen LogP contribution in [0.3, 0.4) is 0 Å². The van der Waals surface area contributed by atoms with Gasteiger partial charge in [-0.25, -0.2) is 0 Å². The highest BCUT2D eigenvalue weighted by molar-refractivity contribution is 6.03. The first-order valence-corrected chi connectivity index (χ1v) is 7.90. The van der Waals surface area contributed by atoms with Gasteiger partial charge >= 0.3 is 0 Å². The lowest BCUT2D eigenvalue weighted by Gasteiger charge is -2.23. The van der Waals surface area contributed by atoms with Crippen LogP contribution in [-0.2, 0) is 11.3 Å². The third-order valence-electron chi connectivity index (χ3n) is 4.52. The van der Waals surface area contributed by atoms with Gasteiger partial charge in [0.25, 0.3) is 5.91 Å². The van der Waals surface area contributed by atoms with E-state index in [9.17, 15) is 9.59 Å². The molecule has 0 bridgehead atoms. The second kappa shape index (κ2) is 5.53. The van der Waals surface area contributed by atoms with Gasteiger partial charge in [-0.05, 0) is 42.1 Å². The highest BCUT2D eigenvalue weighted by Crippen LogP contribution is 2.25. The standard InChI is InChI=1S/C19H17N3O2/c1-12(22-11-14-4-2-3-5-16(14)19(22)24)18(23)21-15-7-6-13-8-9-20-17(13)10-15/h2-10,12,20H,11H2,1H3,(H,21,23)/t12-/m0/s1. The van der Waals surface area contributed by atoms with Crippen molar-refractivity contribution in [3.63, 3.8) is 0 Å². The molecule has 0 saturated heterocycles. The Morgan fingerprint density at radius 2 is 2.04 bits per heavy atom. The summed E-state index contributed by atoms with van der Waals surface area (Å²) in [6, 6.07) is 14.6. The van der Waals surface area contributed by atoms with Crippen LogP contribution in [0.4, 0.5) is 5.69 Å². The summed E-state index contributed by atoms with van der Waals surface area (Å²) >= 11 is 0. The second-order valence-electron chi connectivity index (χ2n) is 6.04. The summed E-state index contributed by atoms with van der Waals surface area (Å²) in [4.78, 5) is 29.8. The molecule has 0 radical (unpaired) electrons. The van der Waals surface area contributed by atoms with Crippen molar-refractivity contribution in [2.75, 3.05) is 5.32 Å². The molecule has 2 aromatic carbocycles. The highest BCUT2D eigenvalue weighted by atomic mass is 16.2. The minimum atomic E-state index is -0.538. The number of aromatic nitrogens is 1. The fraction of sp³-hybridized carbons (Fsp3) is 0.158. The monoisotopic (exact) mass is 319 g/mol. The average molecular weight is 319 g/mol. The van der Waals surface area contributed by atoms with Crippen LogP contribution < -0.4 is 5.32 Å². The predicted octanol–water partition coefficient (Wildman–Crippen LogP) is 3.15. The van der Waals surface area contributed by atoms with Crippen LogP contribution in [-0.4, -0.2) is 27.7 Å². The van der Waals surface area contributed by atoms with E-state index in [1.807, 2.05) is 54.7 Å². The molecular weight excluding hydrogens is 302 g/mol. The van der Waals surface area contributed by atoms with Gasteiger partial charge in [0.1, 0.15) is 6.04 Å². The quantitative estimate of drug-likeness (QED) is 0.779. The molecule has 2 N–H and O–H groups in total. The van der Waals surface area contributed by atoms with E-state index in [2.05, 4.69) is 10.3 Å². The highest BCUT2D eigenvalue weighted by Gasteiger charge is 2.33. The maximum absolute atomic E-state index is 12.6. The zero-order valence-corrected chi connectivity index (χ0v) is 13.2. The van der Waals surface area contributed by atoms with Gasteiger partial charge in [-0.1, -0.05) is 24.3 Å². The summed E-state index contributed by atoms with van der Waals surface area (Å²) in [5.41, 5.74) is 3.33. The molecule has 1 atom stereocenters. The lowest BCUT2D eigenvalue weighted by atomic mass is 10.1. The Bertz CT molecular complexity index is 944. The third-order valence-corrected chi connectivity index (χ3v) is 4.52. The Hall–Kier alpha value is -3.08. The molecule has 120 valence electrons. The van der Waals surface area contributed by atoms with E-state index < -0.39 is 6.04 Å². The van der Waals surface area contributed by atoms with Crippen LogP contribution in [0.15, 0.2) is 54.7 Å². The summed E-state index contributed by atoms with van der Waals surface area (Å²) < 4.78 is 0. The van der Waals surface area contributed by atoms with Crippen molar-refractivity contribution >= 4 is 28.4 Å². The molecule has 1 aliphatic rings. The first-order valence-electron chi connectivity index (χ1n) is 7.90. The van der Waals surface area contributed by atoms with Gasteiger partial charge in [0.15, 0.2) is 0 Å². The Balaban J connectivity index is 1.51. The fourth-order valence-electron chi connectivity index (χ4n) is 3.10. The third kappa shape index (κ3) is 2.34. The Kier molecular flexibility index (Phi) is 3.34. The number of carbonyl (C=O) groups is 2. The molecule has 0 spiro atoms. The number of aromatic amines is 1. The predicted molar refractivity (Wildman–Crippen MR) is 92.7 cm³/mol. The molecule has 1 aromatic heterocycles. The topological polar surface area (TPSA) is 65.2 Å². The average Bonchev–Trinajstić information content (AvgIpc) is 3.18. The molecule has 1 aliphatic heterocycles. The van der Waals surface area contributed by atoms with Crippen molar-refractivity contribution < 1.29 is 9.59 Å². The lowest BCUT2D eigenvalue weighted by molar-refractivity contribution is -0.120. The van der Waals surface area contributed by atoms with Gasteiger partial charge in [-0.15, -0.1) is 0 Å². The van der Waals surface area contributed by atoms with Crippen LogP contribution in [0, 0.1) is 0 Å². The number of nitrogens with zero attached hydrogens (tertiary/aromatic N) is 1. The number of carbonyl (C=O) groups excluding carboxylic acids is 2. The van der Waals surface area contributed by atoms with Crippen molar-refractivity contribution in [2.24, 2.45) is 0 Å². The first kappa shape index (κ1) is 14.5. The van der Waals surface area contributed by atoms with Gasteiger partial charge in [0.05, 0.1) is 0 Å². The second-order valence-corrected chi connectivity index (χ2v) is 6.04. The molecule has 2 amide bonds. The zero-order valence-electron chi connectivity index (χ0n) is 13.2. The van der Waals surface area contributed by atoms with Gasteiger partial charge in [0.2, 0.25) is 5.91 Å². The van der Waals surface area contributed by atoms with Gasteiger partial charge in [-0.3, -0.25) is 9.59 Å². The van der Waals surface area contributed by atoms with Gasteiger partial charge in [0, 0.05) is 29.5 Å². The Labute approximate surface area is 139 Å². The zero-order chi connectivity index (χ0) is 16.7. The number of H-pyrrole nitrogens is 1. The number of benzene rings is 2. The van der Waals surface area contributed by atoms with E-state index in [0.29, 0.717) is 17.8 Å². The molecule has 24 heavy (non-hydrogen) atoms. The van der Waals surface area contributed by atoms with Gasteiger partial charge in [-0.2, -0.15) is 0 Å². The first-order chi connectivity index (χ1) is 11.6. The fourth-order valence-corrected chi connectivity index (χ4v) is 3.10. The van der Waals surface area contributed by atoms with Crippen LogP contribution in [0.5, 0.6) is 0 Å². The molecule has 3 aromatic rings. The Morgan fingerprint density at radius 3 is 2.88 bits per heavy atom. The summed E-state index contributed by atoms with van der Waals surface area (Å²) in [6.45, 7) is 2.23. The molecule has 0 unspecified atom stereocenters. The number of rotatable bonds is 3. The number of anilines is 1. The van der Waals surface area contributed by atoms with Crippen molar-refractivity contribution in [3.05, 3.63) is 65.9 Å². The lowest BCUT2D eigenvalue weighted by Crippen LogP contribution is -2.42. The van der Waals surface area contributed by atoms with Crippen molar-refractivity contribution in [1.82, 2.24) is 9.88 Å². The molecule has 4 rings (SSSR count). The number of fused-ring (bicyclic) bond motifs is 2. The summed E-state index contributed by atoms with van der Waals surface area (Å²) in [7, 11) is 0. The van der Waals surface area contributed by atoms with E-state index in [4.69, 9.17) is 0 Å². The van der Waals surface area contributed by atoms with E-state index >= 15 is 0 Å². The molecule has 0 fully saturated rings. The maximum Gasteiger partial charge on any atom is 0.255 e.